The first kappa shape index (κ1) is 29.2. The molecule has 0 rings (SSSR count). The van der Waals surface area contributed by atoms with Crippen molar-refractivity contribution in [2.75, 3.05) is 13.2 Å². The van der Waals surface area contributed by atoms with Gasteiger partial charge in [0.15, 0.2) is 0 Å². The lowest BCUT2D eigenvalue weighted by molar-refractivity contribution is -0.144. The highest BCUT2D eigenvalue weighted by Gasteiger charge is 2.32. The van der Waals surface area contributed by atoms with Crippen molar-refractivity contribution < 1.29 is 34.2 Å². The van der Waals surface area contributed by atoms with Gasteiger partial charge in [0, 0.05) is 0 Å². The molecule has 0 aliphatic carbocycles. The maximum atomic E-state index is 12.9. The van der Waals surface area contributed by atoms with Crippen LogP contribution in [0, 0.1) is 5.92 Å². The number of nitrogens with one attached hydrogen (secondary N) is 3. The predicted octanol–water partition coefficient (Wildman–Crippen LogP) is -3.10. The van der Waals surface area contributed by atoms with Crippen molar-refractivity contribution in [3.05, 3.63) is 0 Å². The van der Waals surface area contributed by atoms with Crippen molar-refractivity contribution in [1.82, 2.24) is 16.0 Å². The van der Waals surface area contributed by atoms with E-state index in [9.17, 15) is 29.1 Å². The van der Waals surface area contributed by atoms with E-state index in [1.54, 1.807) is 13.8 Å². The van der Waals surface area contributed by atoms with E-state index in [2.05, 4.69) is 16.0 Å². The molecule has 0 aromatic rings. The standard InChI is InChI=1S/C19H36N6O7/c1-3-10(2)15(25-16(28)11(21)9-26)18(30)23-12(6-4-5-7-20)17(29)24-13(19(31)32)8-14(22)27/h10-13,15,26H,3-9,20-21H2,1-2H3,(H2,22,27)(H,23,30)(H,24,29)(H,25,28)(H,31,32). The Bertz CT molecular complexity index is 660. The number of nitrogens with two attached hydrogens (primary N) is 3. The van der Waals surface area contributed by atoms with Gasteiger partial charge in [0.05, 0.1) is 13.0 Å². The van der Waals surface area contributed by atoms with Crippen molar-refractivity contribution in [3.63, 3.8) is 0 Å². The number of amides is 4. The number of carboxylic acids is 1. The Hall–Kier alpha value is -2.77. The highest BCUT2D eigenvalue weighted by atomic mass is 16.4. The summed E-state index contributed by atoms with van der Waals surface area (Å²) in [4.78, 5) is 60.1. The smallest absolute Gasteiger partial charge is 0.326 e. The largest absolute Gasteiger partial charge is 0.480 e. The van der Waals surface area contributed by atoms with Crippen molar-refractivity contribution in [3.8, 4) is 0 Å². The fourth-order valence-electron chi connectivity index (χ4n) is 2.74. The first-order chi connectivity index (χ1) is 15.0. The van der Waals surface area contributed by atoms with Gasteiger partial charge in [-0.1, -0.05) is 20.3 Å². The van der Waals surface area contributed by atoms with Crippen LogP contribution >= 0.6 is 0 Å². The zero-order chi connectivity index (χ0) is 24.8. The molecule has 0 heterocycles. The topological polar surface area (TPSA) is 240 Å². The highest BCUT2D eigenvalue weighted by molar-refractivity contribution is 5.95. The number of unbranched alkanes of at least 4 members (excludes halogenated alkanes) is 1. The van der Waals surface area contributed by atoms with E-state index in [-0.39, 0.29) is 12.3 Å². The third-order valence-electron chi connectivity index (χ3n) is 4.93. The van der Waals surface area contributed by atoms with Crippen molar-refractivity contribution >= 4 is 29.6 Å². The second-order valence-corrected chi connectivity index (χ2v) is 7.58. The maximum absolute atomic E-state index is 12.9. The third kappa shape index (κ3) is 10.5. The van der Waals surface area contributed by atoms with Gasteiger partial charge in [-0.15, -0.1) is 0 Å². The van der Waals surface area contributed by atoms with E-state index < -0.39 is 66.8 Å². The summed E-state index contributed by atoms with van der Waals surface area (Å²) in [6.45, 7) is 3.26. The Morgan fingerprint density at radius 1 is 0.938 bits per heavy atom. The molecule has 0 aliphatic rings. The SMILES string of the molecule is CCC(C)C(NC(=O)C(N)CO)C(=O)NC(CCCCN)C(=O)NC(CC(N)=O)C(=O)O. The Labute approximate surface area is 186 Å². The third-order valence-corrected chi connectivity index (χ3v) is 4.93. The maximum Gasteiger partial charge on any atom is 0.326 e. The van der Waals surface area contributed by atoms with Gasteiger partial charge in [-0.2, -0.15) is 0 Å². The number of primary amides is 1. The summed E-state index contributed by atoms with van der Waals surface area (Å²) in [5.41, 5.74) is 16.0. The fraction of sp³-hybridized carbons (Fsp3) is 0.737. The molecule has 0 radical (unpaired) electrons. The molecule has 11 N–H and O–H groups in total. The molecule has 0 aromatic heterocycles. The number of carbonyl (C=O) groups is 5. The van der Waals surface area contributed by atoms with Crippen LogP contribution in [0.25, 0.3) is 0 Å². The molecular weight excluding hydrogens is 424 g/mol. The van der Waals surface area contributed by atoms with Gasteiger partial charge in [0.1, 0.15) is 24.2 Å². The van der Waals surface area contributed by atoms with Crippen LogP contribution in [0.4, 0.5) is 0 Å². The van der Waals surface area contributed by atoms with E-state index in [0.29, 0.717) is 25.8 Å². The summed E-state index contributed by atoms with van der Waals surface area (Å²) >= 11 is 0. The molecule has 13 nitrogen and oxygen atoms in total. The molecule has 32 heavy (non-hydrogen) atoms. The van der Waals surface area contributed by atoms with Crippen molar-refractivity contribution in [2.45, 2.75) is 70.1 Å². The van der Waals surface area contributed by atoms with Crippen LogP contribution < -0.4 is 33.2 Å². The fourth-order valence-corrected chi connectivity index (χ4v) is 2.74. The molecule has 0 bridgehead atoms. The zero-order valence-corrected chi connectivity index (χ0v) is 18.5. The Morgan fingerprint density at radius 2 is 1.53 bits per heavy atom. The molecule has 5 atom stereocenters. The van der Waals surface area contributed by atoms with Crippen LogP contribution in [0.1, 0.15) is 46.0 Å². The molecule has 5 unspecified atom stereocenters. The number of hydrogen-bond donors (Lipinski definition) is 8. The Balaban J connectivity index is 5.54. The quantitative estimate of drug-likeness (QED) is 0.109. The molecule has 0 spiro atoms. The van der Waals surface area contributed by atoms with Gasteiger partial charge in [-0.05, 0) is 31.7 Å². The Morgan fingerprint density at radius 3 is 2.00 bits per heavy atom. The van der Waals surface area contributed by atoms with Crippen LogP contribution in [0.5, 0.6) is 0 Å². The first-order valence-corrected chi connectivity index (χ1v) is 10.5. The van der Waals surface area contributed by atoms with Crippen LogP contribution in [-0.4, -0.2) is 77.1 Å². The summed E-state index contributed by atoms with van der Waals surface area (Å²) in [7, 11) is 0. The number of carboxylic acid groups (broad SMARTS) is 1. The molecule has 0 aromatic carbocycles. The van der Waals surface area contributed by atoms with Gasteiger partial charge in [0.2, 0.25) is 23.6 Å². The van der Waals surface area contributed by atoms with Crippen LogP contribution in [-0.2, 0) is 24.0 Å². The van der Waals surface area contributed by atoms with Gasteiger partial charge in [-0.25, -0.2) is 4.79 Å². The van der Waals surface area contributed by atoms with Crippen LogP contribution in [0.3, 0.4) is 0 Å². The average molecular weight is 461 g/mol. The summed E-state index contributed by atoms with van der Waals surface area (Å²) in [6.07, 6.45) is 1.05. The zero-order valence-electron chi connectivity index (χ0n) is 18.5. The second kappa shape index (κ2) is 15.1. The predicted molar refractivity (Wildman–Crippen MR) is 115 cm³/mol. The number of carbonyl (C=O) groups excluding carboxylic acids is 4. The number of hydrogen-bond acceptors (Lipinski definition) is 8. The minimum atomic E-state index is -1.55. The molecule has 0 saturated carbocycles. The van der Waals surface area contributed by atoms with Crippen LogP contribution in [0.15, 0.2) is 0 Å². The van der Waals surface area contributed by atoms with Gasteiger partial charge < -0.3 is 43.4 Å². The lowest BCUT2D eigenvalue weighted by Gasteiger charge is -2.27. The summed E-state index contributed by atoms with van der Waals surface area (Å²) in [5, 5.41) is 25.5. The lowest BCUT2D eigenvalue weighted by Crippen LogP contribution is -2.59. The Kier molecular flexibility index (Phi) is 13.8. The summed E-state index contributed by atoms with van der Waals surface area (Å²) in [6, 6.07) is -4.96. The van der Waals surface area contributed by atoms with Crippen LogP contribution in [0.2, 0.25) is 0 Å². The van der Waals surface area contributed by atoms with E-state index in [4.69, 9.17) is 22.3 Å². The van der Waals surface area contributed by atoms with Gasteiger partial charge in [-0.3, -0.25) is 19.2 Å². The van der Waals surface area contributed by atoms with Crippen molar-refractivity contribution in [1.29, 1.82) is 0 Å². The lowest BCUT2D eigenvalue weighted by atomic mass is 9.97. The second-order valence-electron chi connectivity index (χ2n) is 7.58. The van der Waals surface area contributed by atoms with E-state index in [1.165, 1.54) is 0 Å². The number of aliphatic hydroxyl groups excluding tert-OH is 1. The molecular formula is C19H36N6O7. The molecule has 0 saturated heterocycles. The van der Waals surface area contributed by atoms with E-state index in [0.717, 1.165) is 0 Å². The molecule has 4 amide bonds. The van der Waals surface area contributed by atoms with Crippen molar-refractivity contribution in [2.24, 2.45) is 23.1 Å². The normalized spacial score (nSPS) is 15.5. The first-order valence-electron chi connectivity index (χ1n) is 10.5. The summed E-state index contributed by atoms with van der Waals surface area (Å²) in [5.74, 6) is -4.92. The van der Waals surface area contributed by atoms with E-state index in [1.807, 2.05) is 0 Å². The number of rotatable bonds is 16. The number of aliphatic hydroxyl groups is 1. The number of aliphatic carboxylic acids is 1. The monoisotopic (exact) mass is 460 g/mol. The molecule has 13 heteroatoms. The van der Waals surface area contributed by atoms with Gasteiger partial charge >= 0.3 is 5.97 Å². The minimum Gasteiger partial charge on any atom is -0.480 e. The molecule has 184 valence electrons. The van der Waals surface area contributed by atoms with E-state index >= 15 is 0 Å². The molecule has 0 fully saturated rings. The summed E-state index contributed by atoms with van der Waals surface area (Å²) < 4.78 is 0. The average Bonchev–Trinajstić information content (AvgIpc) is 2.74. The highest BCUT2D eigenvalue weighted by Crippen LogP contribution is 2.10. The molecule has 0 aliphatic heterocycles. The van der Waals surface area contributed by atoms with Gasteiger partial charge in [0.25, 0.3) is 0 Å². The minimum absolute atomic E-state index is 0.148.